The Morgan fingerprint density at radius 1 is 1.41 bits per heavy atom. The highest BCUT2D eigenvalue weighted by Crippen LogP contribution is 2.61. The van der Waals surface area contributed by atoms with Crippen molar-refractivity contribution in [3.8, 4) is 0 Å². The molecular formula is C20H32O2. The normalized spacial score (nSPS) is 39.1. The fourth-order valence-electron chi connectivity index (χ4n) is 5.08. The quantitative estimate of drug-likeness (QED) is 0.542. The molecule has 0 aromatic carbocycles. The molecular weight excluding hydrogens is 272 g/mol. The number of rotatable bonds is 4. The number of carboxylic acid groups (broad SMARTS) is 1. The molecule has 2 rings (SSSR count). The summed E-state index contributed by atoms with van der Waals surface area (Å²) in [5.41, 5.74) is 3.25. The third-order valence-corrected chi connectivity index (χ3v) is 7.02. The number of allylic oxidation sites excluding steroid dienone is 3. The maximum absolute atomic E-state index is 10.8. The highest BCUT2D eigenvalue weighted by atomic mass is 16.4. The van der Waals surface area contributed by atoms with Gasteiger partial charge in [0.25, 0.3) is 0 Å². The van der Waals surface area contributed by atoms with Crippen molar-refractivity contribution in [2.24, 2.45) is 22.7 Å². The van der Waals surface area contributed by atoms with Crippen LogP contribution in [0, 0.1) is 22.7 Å². The largest absolute Gasteiger partial charge is 0.478 e. The molecule has 0 bridgehead atoms. The van der Waals surface area contributed by atoms with Crippen LogP contribution < -0.4 is 0 Å². The number of hydrogen-bond donors (Lipinski definition) is 1. The zero-order valence-corrected chi connectivity index (χ0v) is 14.9. The van der Waals surface area contributed by atoms with Gasteiger partial charge in [0.1, 0.15) is 0 Å². The van der Waals surface area contributed by atoms with Crippen LogP contribution in [0.4, 0.5) is 0 Å². The van der Waals surface area contributed by atoms with E-state index in [1.165, 1.54) is 31.8 Å². The minimum Gasteiger partial charge on any atom is -0.478 e. The Hall–Kier alpha value is -1.05. The predicted octanol–water partition coefficient (Wildman–Crippen LogP) is 5.60. The molecule has 4 atom stereocenters. The van der Waals surface area contributed by atoms with E-state index in [1.807, 2.05) is 6.92 Å². The van der Waals surface area contributed by atoms with Crippen LogP contribution in [-0.2, 0) is 4.79 Å². The molecule has 2 nitrogen and oxygen atoms in total. The first kappa shape index (κ1) is 17.3. The van der Waals surface area contributed by atoms with Crippen molar-refractivity contribution in [2.75, 3.05) is 0 Å². The van der Waals surface area contributed by atoms with E-state index in [4.69, 9.17) is 5.11 Å². The lowest BCUT2D eigenvalue weighted by molar-refractivity contribution is -0.131. The van der Waals surface area contributed by atoms with Crippen molar-refractivity contribution in [1.82, 2.24) is 0 Å². The lowest BCUT2D eigenvalue weighted by Gasteiger charge is -2.58. The smallest absolute Gasteiger partial charge is 0.328 e. The summed E-state index contributed by atoms with van der Waals surface area (Å²) < 4.78 is 0. The number of carbonyl (C=O) groups is 1. The third-order valence-electron chi connectivity index (χ3n) is 7.02. The Kier molecular flexibility index (Phi) is 4.89. The molecule has 0 heterocycles. The monoisotopic (exact) mass is 304 g/mol. The molecule has 1 fully saturated rings. The molecule has 2 aliphatic rings. The lowest BCUT2D eigenvalue weighted by atomic mass is 9.47. The van der Waals surface area contributed by atoms with Gasteiger partial charge in [0.2, 0.25) is 0 Å². The molecule has 0 aliphatic heterocycles. The van der Waals surface area contributed by atoms with Crippen molar-refractivity contribution in [3.05, 3.63) is 23.3 Å². The topological polar surface area (TPSA) is 37.3 Å². The summed E-state index contributed by atoms with van der Waals surface area (Å²) >= 11 is 0. The second-order valence-corrected chi connectivity index (χ2v) is 8.21. The van der Waals surface area contributed by atoms with Crippen LogP contribution in [0.25, 0.3) is 0 Å². The Labute approximate surface area is 135 Å². The molecule has 0 spiro atoms. The maximum Gasteiger partial charge on any atom is 0.328 e. The average molecular weight is 304 g/mol. The summed E-state index contributed by atoms with van der Waals surface area (Å²) in [5.74, 6) is 0.626. The number of fused-ring (bicyclic) bond motifs is 1. The third kappa shape index (κ3) is 3.02. The molecule has 2 heteroatoms. The fourth-order valence-corrected chi connectivity index (χ4v) is 5.08. The van der Waals surface area contributed by atoms with Crippen LogP contribution in [0.1, 0.15) is 73.1 Å². The van der Waals surface area contributed by atoms with Gasteiger partial charge in [-0.1, -0.05) is 38.0 Å². The number of hydrogen-bond acceptors (Lipinski definition) is 1. The SMILES string of the molecule is CC(=CC(=O)O)CC[C@@]1(C)[C@H](C)CC[C@@]2(C)C(C)=CCC[C@H]12. The van der Waals surface area contributed by atoms with Crippen molar-refractivity contribution >= 4 is 5.97 Å². The zero-order valence-electron chi connectivity index (χ0n) is 14.9. The number of aliphatic carboxylic acids is 1. The Bertz CT molecular complexity index is 502. The second-order valence-electron chi connectivity index (χ2n) is 8.21. The Morgan fingerprint density at radius 2 is 2.09 bits per heavy atom. The molecule has 0 unspecified atom stereocenters. The van der Waals surface area contributed by atoms with Gasteiger partial charge in [0.05, 0.1) is 0 Å². The predicted molar refractivity (Wildman–Crippen MR) is 91.7 cm³/mol. The average Bonchev–Trinajstić information content (AvgIpc) is 2.43. The molecule has 124 valence electrons. The first-order valence-corrected chi connectivity index (χ1v) is 8.77. The summed E-state index contributed by atoms with van der Waals surface area (Å²) in [5, 5.41) is 8.92. The summed E-state index contributed by atoms with van der Waals surface area (Å²) in [4.78, 5) is 10.8. The molecule has 0 aromatic heterocycles. The van der Waals surface area contributed by atoms with Gasteiger partial charge in [-0.3, -0.25) is 0 Å². The van der Waals surface area contributed by atoms with Gasteiger partial charge in [-0.2, -0.15) is 0 Å². The van der Waals surface area contributed by atoms with Crippen LogP contribution in [0.2, 0.25) is 0 Å². The number of carboxylic acids is 1. The molecule has 1 saturated carbocycles. The van der Waals surface area contributed by atoms with Gasteiger partial charge in [-0.15, -0.1) is 0 Å². The van der Waals surface area contributed by atoms with E-state index in [2.05, 4.69) is 33.8 Å². The van der Waals surface area contributed by atoms with Gasteiger partial charge < -0.3 is 5.11 Å². The van der Waals surface area contributed by atoms with E-state index in [1.54, 1.807) is 5.57 Å². The fraction of sp³-hybridized carbons (Fsp3) is 0.750. The molecule has 2 aliphatic carbocycles. The minimum atomic E-state index is -0.819. The molecule has 0 amide bonds. The van der Waals surface area contributed by atoms with Crippen LogP contribution in [-0.4, -0.2) is 11.1 Å². The first-order valence-electron chi connectivity index (χ1n) is 8.77. The van der Waals surface area contributed by atoms with E-state index < -0.39 is 5.97 Å². The van der Waals surface area contributed by atoms with Crippen molar-refractivity contribution in [1.29, 1.82) is 0 Å². The van der Waals surface area contributed by atoms with Crippen molar-refractivity contribution in [2.45, 2.75) is 73.1 Å². The molecule has 0 radical (unpaired) electrons. The standard InChI is InChI=1S/C20H32O2/c1-14(13-18(21)22)9-11-19(4)16(3)10-12-20(5)15(2)7-6-8-17(19)20/h7,13,16-17H,6,8-12H2,1-5H3,(H,21,22)/t16-,17-,19+,20+/m1/s1. The summed E-state index contributed by atoms with van der Waals surface area (Å²) in [7, 11) is 0. The summed E-state index contributed by atoms with van der Waals surface area (Å²) in [6.07, 6.45) is 10.9. The highest BCUT2D eigenvalue weighted by Gasteiger charge is 2.52. The van der Waals surface area contributed by atoms with Gasteiger partial charge >= 0.3 is 5.97 Å². The van der Waals surface area contributed by atoms with Gasteiger partial charge in [-0.05, 0) is 75.0 Å². The molecule has 0 saturated heterocycles. The molecule has 1 N–H and O–H groups in total. The van der Waals surface area contributed by atoms with Crippen LogP contribution in [0.5, 0.6) is 0 Å². The van der Waals surface area contributed by atoms with Crippen LogP contribution in [0.3, 0.4) is 0 Å². The molecule has 0 aromatic rings. The molecule has 22 heavy (non-hydrogen) atoms. The van der Waals surface area contributed by atoms with Crippen molar-refractivity contribution < 1.29 is 9.90 Å². The van der Waals surface area contributed by atoms with E-state index in [0.717, 1.165) is 24.3 Å². The van der Waals surface area contributed by atoms with Crippen LogP contribution >= 0.6 is 0 Å². The van der Waals surface area contributed by atoms with E-state index >= 15 is 0 Å². The van der Waals surface area contributed by atoms with Gasteiger partial charge in [0, 0.05) is 6.08 Å². The minimum absolute atomic E-state index is 0.316. The second kappa shape index (κ2) is 6.22. The Morgan fingerprint density at radius 3 is 2.73 bits per heavy atom. The maximum atomic E-state index is 10.8. The summed E-state index contributed by atoms with van der Waals surface area (Å²) in [6.45, 7) is 11.6. The van der Waals surface area contributed by atoms with Gasteiger partial charge in [-0.25, -0.2) is 4.79 Å². The zero-order chi connectivity index (χ0) is 16.5. The summed E-state index contributed by atoms with van der Waals surface area (Å²) in [6, 6.07) is 0. The lowest BCUT2D eigenvalue weighted by Crippen LogP contribution is -2.49. The van der Waals surface area contributed by atoms with Gasteiger partial charge in [0.15, 0.2) is 0 Å². The van der Waals surface area contributed by atoms with E-state index in [-0.39, 0.29) is 0 Å². The van der Waals surface area contributed by atoms with Crippen LogP contribution in [0.15, 0.2) is 23.3 Å². The van der Waals surface area contributed by atoms with Crippen molar-refractivity contribution in [3.63, 3.8) is 0 Å². The van der Waals surface area contributed by atoms with E-state index in [0.29, 0.717) is 16.7 Å². The van der Waals surface area contributed by atoms with E-state index in [9.17, 15) is 4.79 Å². The Balaban J connectivity index is 2.22. The first-order chi connectivity index (χ1) is 10.2. The highest BCUT2D eigenvalue weighted by molar-refractivity contribution is 5.80.